The van der Waals surface area contributed by atoms with E-state index in [0.29, 0.717) is 79.8 Å². The van der Waals surface area contributed by atoms with Crippen molar-refractivity contribution in [1.29, 1.82) is 5.26 Å². The van der Waals surface area contributed by atoms with Crippen LogP contribution in [0.25, 0.3) is 11.0 Å². The van der Waals surface area contributed by atoms with Crippen molar-refractivity contribution in [3.05, 3.63) is 53.7 Å². The Kier molecular flexibility index (Phi) is 8.99. The zero-order valence-electron chi connectivity index (χ0n) is 22.3. The van der Waals surface area contributed by atoms with E-state index in [1.165, 1.54) is 0 Å². The van der Waals surface area contributed by atoms with Gasteiger partial charge in [-0.15, -0.1) is 0 Å². The second-order valence-corrected chi connectivity index (χ2v) is 8.89. The fourth-order valence-electron chi connectivity index (χ4n) is 4.46. The first-order valence-electron chi connectivity index (χ1n) is 12.8. The SMILES string of the molecule is CCOC(=O)N1CCN(c2nc3ccccc3nc2[C@@H](C#N)C(=O)NCCc2ccc(OC)c(OC)c2)CC1. The van der Waals surface area contributed by atoms with Crippen LogP contribution in [-0.2, 0) is 16.0 Å². The highest BCUT2D eigenvalue weighted by molar-refractivity contribution is 5.89. The molecule has 4 rings (SSSR count). The van der Waals surface area contributed by atoms with Gasteiger partial charge >= 0.3 is 6.09 Å². The number of anilines is 1. The summed E-state index contributed by atoms with van der Waals surface area (Å²) < 4.78 is 15.7. The van der Waals surface area contributed by atoms with Gasteiger partial charge in [0.15, 0.2) is 23.2 Å². The lowest BCUT2D eigenvalue weighted by atomic mass is 10.0. The molecule has 1 N–H and O–H groups in total. The second kappa shape index (κ2) is 12.8. The zero-order chi connectivity index (χ0) is 27.8. The standard InChI is InChI=1S/C28H32N6O5/c1-4-39-28(36)34-15-13-33(14-16-34)26-25(31-21-7-5-6-8-22(21)32-26)20(18-29)27(35)30-12-11-19-9-10-23(37-2)24(17-19)38-3/h5-10,17,20H,4,11-16H2,1-3H3,(H,30,35)/t20-/m1/s1. The Morgan fingerprint density at radius 1 is 1.03 bits per heavy atom. The fourth-order valence-corrected chi connectivity index (χ4v) is 4.46. The van der Waals surface area contributed by atoms with Crippen LogP contribution in [-0.4, -0.2) is 80.4 Å². The van der Waals surface area contributed by atoms with Crippen LogP contribution >= 0.6 is 0 Å². The maximum Gasteiger partial charge on any atom is 0.409 e. The quantitative estimate of drug-likeness (QED) is 0.442. The Balaban J connectivity index is 1.52. The predicted octanol–water partition coefficient (Wildman–Crippen LogP) is 2.89. The minimum atomic E-state index is -1.16. The van der Waals surface area contributed by atoms with Crippen LogP contribution in [0.4, 0.5) is 10.6 Å². The maximum absolute atomic E-state index is 13.2. The van der Waals surface area contributed by atoms with E-state index in [4.69, 9.17) is 24.2 Å². The third-order valence-corrected chi connectivity index (χ3v) is 6.51. The Bertz CT molecular complexity index is 1370. The number of amides is 2. The molecule has 1 fully saturated rings. The number of nitrogens with one attached hydrogen (secondary N) is 1. The van der Waals surface area contributed by atoms with E-state index in [1.54, 1.807) is 32.1 Å². The van der Waals surface area contributed by atoms with Gasteiger partial charge in [-0.3, -0.25) is 4.79 Å². The van der Waals surface area contributed by atoms with Crippen molar-refractivity contribution < 1.29 is 23.8 Å². The molecule has 2 amide bonds. The average Bonchev–Trinajstić information content (AvgIpc) is 2.97. The van der Waals surface area contributed by atoms with Crippen LogP contribution in [0.2, 0.25) is 0 Å². The van der Waals surface area contributed by atoms with Gasteiger partial charge in [-0.25, -0.2) is 14.8 Å². The summed E-state index contributed by atoms with van der Waals surface area (Å²) in [6.07, 6.45) is 0.182. The van der Waals surface area contributed by atoms with Crippen molar-refractivity contribution in [2.45, 2.75) is 19.3 Å². The summed E-state index contributed by atoms with van der Waals surface area (Å²) in [6, 6.07) is 15.0. The van der Waals surface area contributed by atoms with Gasteiger partial charge in [0.25, 0.3) is 0 Å². The third-order valence-electron chi connectivity index (χ3n) is 6.51. The van der Waals surface area contributed by atoms with Crippen molar-refractivity contribution in [3.63, 3.8) is 0 Å². The molecule has 0 unspecified atom stereocenters. The van der Waals surface area contributed by atoms with Crippen LogP contribution in [0.1, 0.15) is 24.1 Å². The molecule has 2 heterocycles. The number of nitrogens with zero attached hydrogens (tertiary/aromatic N) is 5. The maximum atomic E-state index is 13.2. The summed E-state index contributed by atoms with van der Waals surface area (Å²) in [4.78, 5) is 38.5. The highest BCUT2D eigenvalue weighted by atomic mass is 16.6. The molecule has 1 saturated heterocycles. The van der Waals surface area contributed by atoms with Crippen molar-refractivity contribution in [3.8, 4) is 17.6 Å². The zero-order valence-corrected chi connectivity index (χ0v) is 22.3. The highest BCUT2D eigenvalue weighted by Gasteiger charge is 2.31. The molecule has 1 aliphatic heterocycles. The lowest BCUT2D eigenvalue weighted by Crippen LogP contribution is -2.49. The third kappa shape index (κ3) is 6.29. The van der Waals surface area contributed by atoms with Crippen LogP contribution < -0.4 is 19.7 Å². The Labute approximate surface area is 227 Å². The predicted molar refractivity (Wildman–Crippen MR) is 145 cm³/mol. The van der Waals surface area contributed by atoms with Crippen LogP contribution in [0.3, 0.4) is 0 Å². The summed E-state index contributed by atoms with van der Waals surface area (Å²) in [5, 5.41) is 12.9. The molecule has 11 heteroatoms. The number of fused-ring (bicyclic) bond motifs is 1. The van der Waals surface area contributed by atoms with E-state index in [1.807, 2.05) is 41.3 Å². The Morgan fingerprint density at radius 2 is 1.72 bits per heavy atom. The van der Waals surface area contributed by atoms with E-state index >= 15 is 0 Å². The average molecular weight is 533 g/mol. The number of para-hydroxylation sites is 2. The van der Waals surface area contributed by atoms with E-state index in [9.17, 15) is 14.9 Å². The van der Waals surface area contributed by atoms with Crippen LogP contribution in [0.15, 0.2) is 42.5 Å². The van der Waals surface area contributed by atoms with Crippen molar-refractivity contribution in [2.24, 2.45) is 0 Å². The number of carbonyl (C=O) groups excluding carboxylic acids is 2. The molecule has 1 aromatic heterocycles. The molecule has 1 aliphatic rings. The number of rotatable bonds is 9. The van der Waals surface area contributed by atoms with Gasteiger partial charge in [-0.2, -0.15) is 5.26 Å². The molecule has 0 saturated carbocycles. The number of nitriles is 1. The van der Waals surface area contributed by atoms with Gasteiger partial charge < -0.3 is 29.3 Å². The van der Waals surface area contributed by atoms with Crippen LogP contribution in [0.5, 0.6) is 11.5 Å². The van der Waals surface area contributed by atoms with Gasteiger partial charge in [0, 0.05) is 32.7 Å². The topological polar surface area (TPSA) is 130 Å². The first-order chi connectivity index (χ1) is 19.0. The molecule has 0 radical (unpaired) electrons. The van der Waals surface area contributed by atoms with Gasteiger partial charge in [0.1, 0.15) is 5.69 Å². The normalized spacial score (nSPS) is 13.9. The molecule has 204 valence electrons. The molecule has 39 heavy (non-hydrogen) atoms. The Hall–Kier alpha value is -4.59. The number of benzene rings is 2. The minimum Gasteiger partial charge on any atom is -0.493 e. The minimum absolute atomic E-state index is 0.296. The Morgan fingerprint density at radius 3 is 2.36 bits per heavy atom. The molecule has 0 aliphatic carbocycles. The van der Waals surface area contributed by atoms with Gasteiger partial charge in [-0.05, 0) is 43.2 Å². The van der Waals surface area contributed by atoms with Crippen molar-refractivity contribution >= 4 is 28.9 Å². The molecule has 0 spiro atoms. The molecular weight excluding hydrogens is 500 g/mol. The number of ether oxygens (including phenoxy) is 3. The number of piperazine rings is 1. The summed E-state index contributed by atoms with van der Waals surface area (Å²) in [5.41, 5.74) is 2.51. The summed E-state index contributed by atoms with van der Waals surface area (Å²) in [5.74, 6) is 0.0917. The molecule has 11 nitrogen and oxygen atoms in total. The monoisotopic (exact) mass is 532 g/mol. The fraction of sp³-hybridized carbons (Fsp3) is 0.393. The number of methoxy groups -OCH3 is 2. The molecule has 1 atom stereocenters. The van der Waals surface area contributed by atoms with E-state index in [2.05, 4.69) is 11.4 Å². The lowest BCUT2D eigenvalue weighted by molar-refractivity contribution is -0.121. The molecule has 3 aromatic rings. The highest BCUT2D eigenvalue weighted by Crippen LogP contribution is 2.29. The van der Waals surface area contributed by atoms with E-state index in [-0.39, 0.29) is 6.09 Å². The van der Waals surface area contributed by atoms with Crippen molar-refractivity contribution in [2.75, 3.05) is 58.5 Å². The second-order valence-electron chi connectivity index (χ2n) is 8.89. The largest absolute Gasteiger partial charge is 0.493 e. The number of carbonyl (C=O) groups is 2. The molecular formula is C28H32N6O5. The smallest absolute Gasteiger partial charge is 0.409 e. The lowest BCUT2D eigenvalue weighted by Gasteiger charge is -2.35. The molecule has 0 bridgehead atoms. The summed E-state index contributed by atoms with van der Waals surface area (Å²) >= 11 is 0. The van der Waals surface area contributed by atoms with E-state index < -0.39 is 11.8 Å². The number of aromatic nitrogens is 2. The van der Waals surface area contributed by atoms with Gasteiger partial charge in [-0.1, -0.05) is 18.2 Å². The number of hydrogen-bond acceptors (Lipinski definition) is 9. The van der Waals surface area contributed by atoms with Gasteiger partial charge in [0.05, 0.1) is 37.9 Å². The van der Waals surface area contributed by atoms with Crippen LogP contribution in [0, 0.1) is 11.3 Å². The van der Waals surface area contributed by atoms with E-state index in [0.717, 1.165) is 5.56 Å². The summed E-state index contributed by atoms with van der Waals surface area (Å²) in [6.45, 7) is 4.20. The first-order valence-corrected chi connectivity index (χ1v) is 12.8. The molecule has 2 aromatic carbocycles. The number of hydrogen-bond donors (Lipinski definition) is 1. The van der Waals surface area contributed by atoms with Gasteiger partial charge in [0.2, 0.25) is 5.91 Å². The first kappa shape index (κ1) is 27.4. The summed E-state index contributed by atoms with van der Waals surface area (Å²) in [7, 11) is 3.14. The van der Waals surface area contributed by atoms with Crippen molar-refractivity contribution in [1.82, 2.24) is 20.2 Å².